The molecule has 3 aromatic rings. The van der Waals surface area contributed by atoms with Gasteiger partial charge >= 0.3 is 12.1 Å². The summed E-state index contributed by atoms with van der Waals surface area (Å²) < 4.78 is 2.09. The molecule has 0 saturated heterocycles. The van der Waals surface area contributed by atoms with Gasteiger partial charge in [0.15, 0.2) is 0 Å². The third kappa shape index (κ3) is 5.20. The fourth-order valence-corrected chi connectivity index (χ4v) is 6.89. The number of carbonyl (C=O) groups excluding carboxylic acids is 2. The lowest BCUT2D eigenvalue weighted by Crippen LogP contribution is -1.99. The van der Waals surface area contributed by atoms with Crippen LogP contribution in [0.2, 0.25) is 0 Å². The van der Waals surface area contributed by atoms with Gasteiger partial charge in [0, 0.05) is 19.5 Å². The van der Waals surface area contributed by atoms with Crippen molar-refractivity contribution in [2.75, 3.05) is 0 Å². The highest BCUT2D eigenvalue weighted by Gasteiger charge is 2.16. The van der Waals surface area contributed by atoms with Crippen LogP contribution in [0.25, 0.3) is 19.5 Å². The van der Waals surface area contributed by atoms with E-state index in [1.165, 1.54) is 15.3 Å². The van der Waals surface area contributed by atoms with Gasteiger partial charge in [-0.05, 0) is 74.2 Å². The lowest BCUT2D eigenvalue weighted by Gasteiger charge is -1.98. The average molecular weight is 522 g/mol. The molecule has 3 aromatic heterocycles. The summed E-state index contributed by atoms with van der Waals surface area (Å²) in [7, 11) is 0. The Labute approximate surface area is 172 Å². The molecule has 0 aliphatic heterocycles. The van der Waals surface area contributed by atoms with Gasteiger partial charge in [-0.2, -0.15) is 9.59 Å². The first-order valence-electron chi connectivity index (χ1n) is 6.71. The Morgan fingerprint density at radius 2 is 1.56 bits per heavy atom. The molecule has 0 radical (unpaired) electrons. The van der Waals surface area contributed by atoms with Crippen LogP contribution < -0.4 is 0 Å². The molecule has 3 rings (SSSR count). The van der Waals surface area contributed by atoms with E-state index in [-0.39, 0.29) is 12.6 Å². The molecule has 0 unspecified atom stereocenters. The molecule has 0 fully saturated rings. The van der Waals surface area contributed by atoms with Crippen LogP contribution in [0.1, 0.15) is 11.1 Å². The first kappa shape index (κ1) is 20.2. The molecular weight excluding hydrogens is 512 g/mol. The maximum absolute atomic E-state index is 11.0. The van der Waals surface area contributed by atoms with Crippen molar-refractivity contribution in [2.24, 2.45) is 0 Å². The number of aliphatic carboxylic acids is 1. The lowest BCUT2D eigenvalue weighted by molar-refractivity contribution is -0.191. The van der Waals surface area contributed by atoms with Crippen molar-refractivity contribution in [1.29, 1.82) is 0 Å². The Morgan fingerprint density at radius 3 is 2.08 bits per heavy atom. The summed E-state index contributed by atoms with van der Waals surface area (Å²) >= 11 is 12.0. The van der Waals surface area contributed by atoms with E-state index in [4.69, 9.17) is 14.7 Å². The number of rotatable bonds is 4. The van der Waals surface area contributed by atoms with Crippen molar-refractivity contribution in [3.05, 3.63) is 43.0 Å². The van der Waals surface area contributed by atoms with Crippen molar-refractivity contribution < 1.29 is 19.5 Å². The van der Waals surface area contributed by atoms with E-state index in [2.05, 4.69) is 57.0 Å². The normalized spacial score (nSPS) is 10.0. The van der Waals surface area contributed by atoms with Gasteiger partial charge in [-0.3, -0.25) is 4.79 Å². The molecule has 0 aliphatic rings. The molecule has 1 N–H and O–H groups in total. The van der Waals surface area contributed by atoms with E-state index in [0.29, 0.717) is 0 Å². The summed E-state index contributed by atoms with van der Waals surface area (Å²) in [5, 5.41) is 9.06. The molecular formula is C16H10Br2O4S3. The molecule has 0 aromatic carbocycles. The van der Waals surface area contributed by atoms with Crippen molar-refractivity contribution in [2.45, 2.75) is 13.3 Å². The minimum atomic E-state index is -0.804. The first-order chi connectivity index (χ1) is 11.8. The van der Waals surface area contributed by atoms with Crippen molar-refractivity contribution in [3.8, 4) is 19.5 Å². The van der Waals surface area contributed by atoms with Gasteiger partial charge in [-0.25, -0.2) is 0 Å². The Kier molecular flexibility index (Phi) is 7.30. The molecule has 130 valence electrons. The Bertz CT molecular complexity index is 933. The van der Waals surface area contributed by atoms with E-state index in [1.807, 2.05) is 6.07 Å². The van der Waals surface area contributed by atoms with Gasteiger partial charge in [-0.1, -0.05) is 0 Å². The van der Waals surface area contributed by atoms with Gasteiger partial charge < -0.3 is 5.11 Å². The van der Waals surface area contributed by atoms with E-state index in [0.717, 1.165) is 22.9 Å². The first-order valence-corrected chi connectivity index (χ1v) is 10.7. The van der Waals surface area contributed by atoms with Gasteiger partial charge in [0.05, 0.1) is 14.0 Å². The van der Waals surface area contributed by atoms with E-state index >= 15 is 0 Å². The van der Waals surface area contributed by atoms with E-state index in [1.54, 1.807) is 34.0 Å². The lowest BCUT2D eigenvalue weighted by atomic mass is 10.2. The number of halogens is 2. The zero-order valence-electron chi connectivity index (χ0n) is 12.7. The molecule has 0 amide bonds. The summed E-state index contributed by atoms with van der Waals surface area (Å²) in [5.41, 5.74) is 2.12. The van der Waals surface area contributed by atoms with E-state index < -0.39 is 5.97 Å². The third-order valence-corrected chi connectivity index (χ3v) is 7.93. The number of hydrogen-bond donors (Lipinski definition) is 1. The summed E-state index contributed by atoms with van der Waals surface area (Å²) in [6, 6.07) is 8.22. The van der Waals surface area contributed by atoms with Crippen LogP contribution in [-0.4, -0.2) is 17.2 Å². The molecule has 0 bridgehead atoms. The summed E-state index contributed by atoms with van der Waals surface area (Å²) in [5.74, 6) is -0.804. The fourth-order valence-electron chi connectivity index (χ4n) is 2.17. The SMILES string of the molecule is Cc1cc(Br)sc1-c1ccc(-c2sc(Br)cc2CC(=O)O)s1.O=C=O. The molecule has 9 heteroatoms. The number of thiophene rings is 3. The van der Waals surface area contributed by atoms with Crippen LogP contribution in [0.5, 0.6) is 0 Å². The number of hydrogen-bond acceptors (Lipinski definition) is 6. The maximum atomic E-state index is 11.0. The smallest absolute Gasteiger partial charge is 0.373 e. The second-order valence-corrected chi connectivity index (χ2v) is 10.7. The monoisotopic (exact) mass is 520 g/mol. The predicted molar refractivity (Wildman–Crippen MR) is 107 cm³/mol. The second-order valence-electron chi connectivity index (χ2n) is 4.79. The van der Waals surface area contributed by atoms with Crippen molar-refractivity contribution >= 4 is 78.0 Å². The quantitative estimate of drug-likeness (QED) is 0.451. The molecule has 0 atom stereocenters. The summed E-state index contributed by atoms with van der Waals surface area (Å²) in [4.78, 5) is 31.9. The molecule has 0 spiro atoms. The highest BCUT2D eigenvalue weighted by molar-refractivity contribution is 9.11. The second kappa shape index (κ2) is 9.02. The zero-order chi connectivity index (χ0) is 18.6. The van der Waals surface area contributed by atoms with E-state index in [9.17, 15) is 4.79 Å². The number of carboxylic acids is 1. The average Bonchev–Trinajstić information content (AvgIpc) is 3.18. The highest BCUT2D eigenvalue weighted by atomic mass is 79.9. The van der Waals surface area contributed by atoms with Crippen LogP contribution in [0, 0.1) is 6.92 Å². The number of carboxylic acid groups (broad SMARTS) is 1. The van der Waals surface area contributed by atoms with Gasteiger partial charge in [0.1, 0.15) is 0 Å². The maximum Gasteiger partial charge on any atom is 0.373 e. The zero-order valence-corrected chi connectivity index (χ0v) is 18.3. The molecule has 25 heavy (non-hydrogen) atoms. The van der Waals surface area contributed by atoms with Crippen LogP contribution in [0.15, 0.2) is 31.8 Å². The molecule has 3 heterocycles. The van der Waals surface area contributed by atoms with Gasteiger partial charge in [-0.15, -0.1) is 34.0 Å². The Balaban J connectivity index is 0.000000701. The molecule has 0 saturated carbocycles. The number of carbonyl (C=O) groups is 1. The topological polar surface area (TPSA) is 71.4 Å². The van der Waals surface area contributed by atoms with Gasteiger partial charge in [0.25, 0.3) is 0 Å². The summed E-state index contributed by atoms with van der Waals surface area (Å²) in [6.45, 7) is 2.10. The van der Waals surface area contributed by atoms with Crippen LogP contribution >= 0.6 is 65.9 Å². The van der Waals surface area contributed by atoms with Crippen molar-refractivity contribution in [3.63, 3.8) is 0 Å². The minimum absolute atomic E-state index is 0.0498. The predicted octanol–water partition coefficient (Wildman–Crippen LogP) is 6.08. The molecule has 4 nitrogen and oxygen atoms in total. The highest BCUT2D eigenvalue weighted by Crippen LogP contribution is 2.44. The minimum Gasteiger partial charge on any atom is -0.481 e. The number of aryl methyl sites for hydroxylation is 1. The van der Waals surface area contributed by atoms with Crippen LogP contribution in [-0.2, 0) is 20.8 Å². The van der Waals surface area contributed by atoms with Gasteiger partial charge in [0.2, 0.25) is 0 Å². The standard InChI is InChI=1S/C15H10Br2O2S3.CO2/c1-7-4-11(16)21-14(7)9-2-3-10(20-9)15-8(6-13(18)19)5-12(17)22-15;2-1-3/h2-5H,6H2,1H3,(H,18,19);. The van der Waals surface area contributed by atoms with Crippen molar-refractivity contribution in [1.82, 2.24) is 0 Å². The Hall–Kier alpha value is -1.09. The van der Waals surface area contributed by atoms with Crippen LogP contribution in [0.3, 0.4) is 0 Å². The third-order valence-electron chi connectivity index (χ3n) is 3.06. The van der Waals surface area contributed by atoms with Crippen LogP contribution in [0.4, 0.5) is 0 Å². The Morgan fingerprint density at radius 1 is 1.04 bits per heavy atom. The largest absolute Gasteiger partial charge is 0.481 e. The summed E-state index contributed by atoms with van der Waals surface area (Å²) in [6.07, 6.45) is 0.300. The molecule has 0 aliphatic carbocycles. The fraction of sp³-hybridized carbons (Fsp3) is 0.125.